The van der Waals surface area contributed by atoms with Crippen LogP contribution in [0.2, 0.25) is 0 Å². The second kappa shape index (κ2) is 9.55. The van der Waals surface area contributed by atoms with Gasteiger partial charge in [-0.25, -0.2) is 0 Å². The normalized spacial score (nSPS) is 16.8. The maximum Gasteiger partial charge on any atom is 0.254 e. The van der Waals surface area contributed by atoms with E-state index in [4.69, 9.17) is 9.47 Å². The van der Waals surface area contributed by atoms with Crippen molar-refractivity contribution in [3.63, 3.8) is 0 Å². The van der Waals surface area contributed by atoms with Gasteiger partial charge in [0.25, 0.3) is 5.91 Å². The van der Waals surface area contributed by atoms with Gasteiger partial charge in [0.05, 0.1) is 13.0 Å². The molecular formula is C22H28N2O4. The molecular weight excluding hydrogens is 356 g/mol. The van der Waals surface area contributed by atoms with Crippen molar-refractivity contribution >= 4 is 22.6 Å². The Bertz CT molecular complexity index is 836. The van der Waals surface area contributed by atoms with Gasteiger partial charge >= 0.3 is 0 Å². The molecule has 6 nitrogen and oxygen atoms in total. The van der Waals surface area contributed by atoms with E-state index in [2.05, 4.69) is 5.32 Å². The van der Waals surface area contributed by atoms with Crippen LogP contribution in [0.5, 0.6) is 5.75 Å². The molecule has 0 spiro atoms. The Hall–Kier alpha value is -2.60. The molecule has 3 rings (SSSR count). The van der Waals surface area contributed by atoms with Gasteiger partial charge in [0.15, 0.2) is 0 Å². The van der Waals surface area contributed by atoms with E-state index in [1.54, 1.807) is 19.1 Å². The summed E-state index contributed by atoms with van der Waals surface area (Å²) in [6, 6.07) is 11.4. The SMILES string of the molecule is COCCCNC(=O)C1CCCN(C(=O)c2ccc(OC)c3ccccc23)C1. The van der Waals surface area contributed by atoms with Crippen molar-refractivity contribution in [1.82, 2.24) is 10.2 Å². The molecule has 0 aliphatic carbocycles. The third-order valence-electron chi connectivity index (χ3n) is 5.24. The molecule has 1 aliphatic rings. The van der Waals surface area contributed by atoms with E-state index in [0.717, 1.165) is 35.8 Å². The van der Waals surface area contributed by atoms with Crippen molar-refractivity contribution < 1.29 is 19.1 Å². The predicted molar refractivity (Wildman–Crippen MR) is 109 cm³/mol. The van der Waals surface area contributed by atoms with Crippen molar-refractivity contribution in [3.8, 4) is 5.75 Å². The van der Waals surface area contributed by atoms with Crippen LogP contribution in [0.1, 0.15) is 29.6 Å². The van der Waals surface area contributed by atoms with Crippen LogP contribution in [-0.2, 0) is 9.53 Å². The van der Waals surface area contributed by atoms with Crippen molar-refractivity contribution in [3.05, 3.63) is 42.0 Å². The lowest BCUT2D eigenvalue weighted by Gasteiger charge is -2.32. The number of fused-ring (bicyclic) bond motifs is 1. The Morgan fingerprint density at radius 3 is 2.68 bits per heavy atom. The van der Waals surface area contributed by atoms with Crippen molar-refractivity contribution in [2.24, 2.45) is 5.92 Å². The van der Waals surface area contributed by atoms with Crippen LogP contribution in [0.25, 0.3) is 10.8 Å². The molecule has 28 heavy (non-hydrogen) atoms. The van der Waals surface area contributed by atoms with Crippen molar-refractivity contribution in [1.29, 1.82) is 0 Å². The summed E-state index contributed by atoms with van der Waals surface area (Å²) in [4.78, 5) is 27.5. The summed E-state index contributed by atoms with van der Waals surface area (Å²) < 4.78 is 10.4. The second-order valence-electron chi connectivity index (χ2n) is 7.09. The smallest absolute Gasteiger partial charge is 0.254 e. The van der Waals surface area contributed by atoms with Gasteiger partial charge in [-0.15, -0.1) is 0 Å². The van der Waals surface area contributed by atoms with Gasteiger partial charge < -0.3 is 19.7 Å². The Labute approximate surface area is 165 Å². The number of piperidine rings is 1. The summed E-state index contributed by atoms with van der Waals surface area (Å²) in [5, 5.41) is 4.75. The maximum absolute atomic E-state index is 13.2. The Kier molecular flexibility index (Phi) is 6.87. The van der Waals surface area contributed by atoms with Gasteiger partial charge in [0.2, 0.25) is 5.91 Å². The Morgan fingerprint density at radius 1 is 1.14 bits per heavy atom. The highest BCUT2D eigenvalue weighted by molar-refractivity contribution is 6.08. The van der Waals surface area contributed by atoms with Crippen LogP contribution in [0.3, 0.4) is 0 Å². The fourth-order valence-corrected chi connectivity index (χ4v) is 3.75. The summed E-state index contributed by atoms with van der Waals surface area (Å²) in [5.74, 6) is 0.577. The molecule has 2 aromatic carbocycles. The minimum Gasteiger partial charge on any atom is -0.496 e. The number of carbonyl (C=O) groups excluding carboxylic acids is 2. The number of amides is 2. The first-order valence-corrected chi connectivity index (χ1v) is 9.77. The molecule has 1 heterocycles. The molecule has 1 aliphatic heterocycles. The summed E-state index contributed by atoms with van der Waals surface area (Å²) in [6.07, 6.45) is 2.43. The van der Waals surface area contributed by atoms with E-state index >= 15 is 0 Å². The van der Waals surface area contributed by atoms with Gasteiger partial charge in [-0.1, -0.05) is 24.3 Å². The number of hydrogen-bond donors (Lipinski definition) is 1. The third kappa shape index (κ3) is 4.44. The highest BCUT2D eigenvalue weighted by Crippen LogP contribution is 2.30. The van der Waals surface area contributed by atoms with Gasteiger partial charge in [-0.3, -0.25) is 9.59 Å². The van der Waals surface area contributed by atoms with Crippen LogP contribution < -0.4 is 10.1 Å². The highest BCUT2D eigenvalue weighted by Gasteiger charge is 2.29. The molecule has 2 aromatic rings. The fraction of sp³-hybridized carbons (Fsp3) is 0.455. The van der Waals surface area contributed by atoms with Crippen LogP contribution >= 0.6 is 0 Å². The number of methoxy groups -OCH3 is 2. The molecule has 150 valence electrons. The topological polar surface area (TPSA) is 67.9 Å². The minimum absolute atomic E-state index is 0.0215. The van der Waals surface area contributed by atoms with Gasteiger partial charge in [0.1, 0.15) is 5.75 Å². The van der Waals surface area contributed by atoms with Gasteiger partial charge in [0, 0.05) is 44.3 Å². The quantitative estimate of drug-likeness (QED) is 0.746. The number of ether oxygens (including phenoxy) is 2. The molecule has 6 heteroatoms. The number of nitrogens with zero attached hydrogens (tertiary/aromatic N) is 1. The van der Waals surface area contributed by atoms with E-state index in [0.29, 0.717) is 31.8 Å². The zero-order chi connectivity index (χ0) is 19.9. The molecule has 0 radical (unpaired) electrons. The molecule has 1 atom stereocenters. The second-order valence-corrected chi connectivity index (χ2v) is 7.09. The molecule has 1 fully saturated rings. The minimum atomic E-state index is -0.162. The molecule has 1 N–H and O–H groups in total. The predicted octanol–water partition coefficient (Wildman–Crippen LogP) is 2.85. The van der Waals surface area contributed by atoms with E-state index in [1.807, 2.05) is 36.4 Å². The molecule has 0 aromatic heterocycles. The van der Waals surface area contributed by atoms with E-state index in [9.17, 15) is 9.59 Å². The van der Waals surface area contributed by atoms with Gasteiger partial charge in [-0.05, 0) is 36.8 Å². The van der Waals surface area contributed by atoms with E-state index in [1.165, 1.54) is 0 Å². The maximum atomic E-state index is 13.2. The number of benzene rings is 2. The van der Waals surface area contributed by atoms with Crippen LogP contribution in [0.15, 0.2) is 36.4 Å². The summed E-state index contributed by atoms with van der Waals surface area (Å²) in [6.45, 7) is 2.35. The van der Waals surface area contributed by atoms with Crippen molar-refractivity contribution in [2.45, 2.75) is 19.3 Å². The molecule has 1 saturated heterocycles. The first-order chi connectivity index (χ1) is 13.7. The summed E-state index contributed by atoms with van der Waals surface area (Å²) >= 11 is 0. The van der Waals surface area contributed by atoms with Crippen LogP contribution in [-0.4, -0.2) is 57.2 Å². The number of nitrogens with one attached hydrogen (secondary N) is 1. The number of hydrogen-bond acceptors (Lipinski definition) is 4. The monoisotopic (exact) mass is 384 g/mol. The lowest BCUT2D eigenvalue weighted by molar-refractivity contribution is -0.126. The summed E-state index contributed by atoms with van der Waals surface area (Å²) in [5.41, 5.74) is 0.651. The van der Waals surface area contributed by atoms with Gasteiger partial charge in [-0.2, -0.15) is 0 Å². The van der Waals surface area contributed by atoms with E-state index < -0.39 is 0 Å². The lowest BCUT2D eigenvalue weighted by Crippen LogP contribution is -2.45. The third-order valence-corrected chi connectivity index (χ3v) is 5.24. The zero-order valence-corrected chi connectivity index (χ0v) is 16.6. The Morgan fingerprint density at radius 2 is 1.93 bits per heavy atom. The summed E-state index contributed by atoms with van der Waals surface area (Å²) in [7, 11) is 3.28. The number of carbonyl (C=O) groups is 2. The Balaban J connectivity index is 1.72. The number of likely N-dealkylation sites (tertiary alicyclic amines) is 1. The average Bonchev–Trinajstić information content (AvgIpc) is 2.75. The number of rotatable bonds is 7. The zero-order valence-electron chi connectivity index (χ0n) is 16.6. The lowest BCUT2D eigenvalue weighted by atomic mass is 9.95. The highest BCUT2D eigenvalue weighted by atomic mass is 16.5. The average molecular weight is 384 g/mol. The van der Waals surface area contributed by atoms with Crippen molar-refractivity contribution in [2.75, 3.05) is 40.5 Å². The van der Waals surface area contributed by atoms with E-state index in [-0.39, 0.29) is 17.7 Å². The molecule has 0 bridgehead atoms. The van der Waals surface area contributed by atoms with Crippen LogP contribution in [0, 0.1) is 5.92 Å². The largest absolute Gasteiger partial charge is 0.496 e. The standard InChI is InChI=1S/C22H28N2O4/c1-27-14-6-12-23-21(25)16-7-5-13-24(15-16)22(26)19-10-11-20(28-2)18-9-4-3-8-17(18)19/h3-4,8-11,16H,5-7,12-15H2,1-2H3,(H,23,25). The molecule has 0 saturated carbocycles. The van der Waals surface area contributed by atoms with Crippen LogP contribution in [0.4, 0.5) is 0 Å². The molecule has 1 unspecified atom stereocenters. The first kappa shape index (κ1) is 20.1. The molecule has 2 amide bonds. The first-order valence-electron chi connectivity index (χ1n) is 9.77. The fourth-order valence-electron chi connectivity index (χ4n) is 3.75.